The summed E-state index contributed by atoms with van der Waals surface area (Å²) in [5.74, 6) is 0.921. The monoisotopic (exact) mass is 427 g/mol. The Labute approximate surface area is 184 Å². The first-order chi connectivity index (χ1) is 14.6. The summed E-state index contributed by atoms with van der Waals surface area (Å²) < 4.78 is 1.86. The number of nitrogens with one attached hydrogen (secondary N) is 2. The van der Waals surface area contributed by atoms with Crippen LogP contribution in [0.15, 0.2) is 23.0 Å². The maximum Gasteiger partial charge on any atom is 0.261 e. The second-order valence-electron chi connectivity index (χ2n) is 8.68. The molecule has 2 N–H and O–H groups in total. The van der Waals surface area contributed by atoms with Crippen molar-refractivity contribution < 1.29 is 0 Å². The smallest absolute Gasteiger partial charge is 0.261 e. The van der Waals surface area contributed by atoms with E-state index in [1.54, 1.807) is 0 Å². The van der Waals surface area contributed by atoms with Crippen LogP contribution in [0.3, 0.4) is 0 Å². The lowest BCUT2D eigenvalue weighted by molar-refractivity contribution is 0.195. The van der Waals surface area contributed by atoms with Crippen molar-refractivity contribution in [1.82, 2.24) is 19.8 Å². The van der Waals surface area contributed by atoms with E-state index in [4.69, 9.17) is 17.2 Å². The average Bonchev–Trinajstić information content (AvgIpc) is 3.00. The fraction of sp³-hybridized carbons (Fsp3) is 0.609. The van der Waals surface area contributed by atoms with Crippen LogP contribution in [-0.4, -0.2) is 45.7 Å². The van der Waals surface area contributed by atoms with Crippen LogP contribution in [0.25, 0.3) is 10.9 Å². The van der Waals surface area contributed by atoms with E-state index in [0.29, 0.717) is 16.5 Å². The van der Waals surface area contributed by atoms with Crippen molar-refractivity contribution in [1.29, 1.82) is 0 Å². The number of aromatic nitrogens is 2. The highest BCUT2D eigenvalue weighted by atomic mass is 32.1. The molecular weight excluding hydrogens is 394 g/mol. The number of rotatable bonds is 5. The molecule has 7 heteroatoms. The van der Waals surface area contributed by atoms with E-state index in [1.165, 1.54) is 32.1 Å². The second-order valence-corrected chi connectivity index (χ2v) is 9.09. The number of hydrogen-bond acceptors (Lipinski definition) is 4. The highest BCUT2D eigenvalue weighted by molar-refractivity contribution is 7.80. The number of hydrogen-bond donors (Lipinski definition) is 2. The Morgan fingerprint density at radius 1 is 1.20 bits per heavy atom. The zero-order valence-corrected chi connectivity index (χ0v) is 18.8. The fourth-order valence-electron chi connectivity index (χ4n) is 4.72. The highest BCUT2D eigenvalue weighted by Gasteiger charge is 2.17. The summed E-state index contributed by atoms with van der Waals surface area (Å²) in [6, 6.07) is 6.46. The lowest BCUT2D eigenvalue weighted by Gasteiger charge is -2.31. The quantitative estimate of drug-likeness (QED) is 0.710. The first-order valence-corrected chi connectivity index (χ1v) is 11.8. The van der Waals surface area contributed by atoms with Crippen molar-refractivity contribution in [3.05, 3.63) is 34.4 Å². The molecule has 2 aromatic rings. The summed E-state index contributed by atoms with van der Waals surface area (Å²) in [6.45, 7) is 2.55. The molecule has 1 aliphatic heterocycles. The molecule has 2 heterocycles. The molecule has 1 aromatic heterocycles. The van der Waals surface area contributed by atoms with E-state index in [1.807, 2.05) is 22.8 Å². The summed E-state index contributed by atoms with van der Waals surface area (Å²) in [6.07, 6.45) is 10.9. The van der Waals surface area contributed by atoms with Gasteiger partial charge in [0.15, 0.2) is 5.11 Å². The van der Waals surface area contributed by atoms with Gasteiger partial charge in [0.05, 0.1) is 10.9 Å². The van der Waals surface area contributed by atoms with Gasteiger partial charge in [-0.05, 0) is 63.1 Å². The topological polar surface area (TPSA) is 62.2 Å². The van der Waals surface area contributed by atoms with Crippen molar-refractivity contribution in [3.63, 3.8) is 0 Å². The molecule has 1 aromatic carbocycles. The lowest BCUT2D eigenvalue weighted by Crippen LogP contribution is -2.40. The number of likely N-dealkylation sites (N-methyl/N-ethyl adjacent to an activating group) is 1. The SMILES string of the molecule is CN(CCNC(=S)Nc1ccc2nc3n(c(=O)c2c1)CCCCC3)C1CCCCC1. The predicted molar refractivity (Wildman–Crippen MR) is 127 cm³/mol. The minimum Gasteiger partial charge on any atom is -0.361 e. The molecule has 30 heavy (non-hydrogen) atoms. The average molecular weight is 428 g/mol. The van der Waals surface area contributed by atoms with E-state index in [0.717, 1.165) is 62.3 Å². The van der Waals surface area contributed by atoms with E-state index in [-0.39, 0.29) is 5.56 Å². The van der Waals surface area contributed by atoms with Gasteiger partial charge in [-0.3, -0.25) is 9.36 Å². The van der Waals surface area contributed by atoms with Gasteiger partial charge in [-0.1, -0.05) is 25.7 Å². The van der Waals surface area contributed by atoms with Crippen LogP contribution in [0, 0.1) is 0 Å². The third-order valence-electron chi connectivity index (χ3n) is 6.52. The minimum absolute atomic E-state index is 0.0635. The van der Waals surface area contributed by atoms with Gasteiger partial charge in [0, 0.05) is 37.8 Å². The summed E-state index contributed by atoms with van der Waals surface area (Å²) in [5, 5.41) is 7.78. The molecule has 4 rings (SSSR count). The van der Waals surface area contributed by atoms with Crippen LogP contribution < -0.4 is 16.2 Å². The number of nitrogens with zero attached hydrogens (tertiary/aromatic N) is 3. The zero-order valence-electron chi connectivity index (χ0n) is 18.0. The Morgan fingerprint density at radius 2 is 2.00 bits per heavy atom. The standard InChI is InChI=1S/C23H33N5OS/c1-27(18-8-4-2-5-9-18)15-13-24-23(30)25-17-11-12-20-19(16-17)22(29)28-14-7-3-6-10-21(28)26-20/h11-12,16,18H,2-10,13-15H2,1H3,(H2,24,25,30). The van der Waals surface area contributed by atoms with Gasteiger partial charge in [0.25, 0.3) is 5.56 Å². The molecule has 6 nitrogen and oxygen atoms in total. The maximum absolute atomic E-state index is 13.0. The molecule has 0 spiro atoms. The molecule has 1 fully saturated rings. The van der Waals surface area contributed by atoms with Crippen molar-refractivity contribution in [2.45, 2.75) is 70.4 Å². The number of aryl methyl sites for hydroxylation is 1. The van der Waals surface area contributed by atoms with Gasteiger partial charge >= 0.3 is 0 Å². The Hall–Kier alpha value is -1.99. The number of anilines is 1. The normalized spacial score (nSPS) is 17.5. The molecule has 162 valence electrons. The molecule has 0 amide bonds. The summed E-state index contributed by atoms with van der Waals surface area (Å²) in [5.41, 5.74) is 1.66. The second kappa shape index (κ2) is 9.88. The summed E-state index contributed by atoms with van der Waals surface area (Å²) in [7, 11) is 2.21. The van der Waals surface area contributed by atoms with Crippen LogP contribution in [-0.2, 0) is 13.0 Å². The highest BCUT2D eigenvalue weighted by Crippen LogP contribution is 2.21. The van der Waals surface area contributed by atoms with Crippen LogP contribution in [0.5, 0.6) is 0 Å². The largest absolute Gasteiger partial charge is 0.361 e. The zero-order chi connectivity index (χ0) is 20.9. The summed E-state index contributed by atoms with van der Waals surface area (Å²) in [4.78, 5) is 20.2. The maximum atomic E-state index is 13.0. The third-order valence-corrected chi connectivity index (χ3v) is 6.77. The third kappa shape index (κ3) is 5.01. The van der Waals surface area contributed by atoms with Crippen molar-refractivity contribution in [3.8, 4) is 0 Å². The van der Waals surface area contributed by atoms with Crippen LogP contribution in [0.1, 0.15) is 57.2 Å². The molecule has 1 aliphatic carbocycles. The Morgan fingerprint density at radius 3 is 2.83 bits per heavy atom. The van der Waals surface area contributed by atoms with Crippen LogP contribution in [0.2, 0.25) is 0 Å². The molecule has 0 atom stereocenters. The molecule has 0 radical (unpaired) electrons. The molecule has 1 saturated carbocycles. The van der Waals surface area contributed by atoms with E-state index < -0.39 is 0 Å². The van der Waals surface area contributed by atoms with Gasteiger partial charge in [-0.2, -0.15) is 0 Å². The van der Waals surface area contributed by atoms with Gasteiger partial charge in [0.1, 0.15) is 5.82 Å². The van der Waals surface area contributed by atoms with Gasteiger partial charge in [0.2, 0.25) is 0 Å². The first kappa shape index (κ1) is 21.2. The van der Waals surface area contributed by atoms with E-state index in [9.17, 15) is 4.79 Å². The predicted octanol–water partition coefficient (Wildman–Crippen LogP) is 3.67. The number of benzene rings is 1. The van der Waals surface area contributed by atoms with Crippen molar-refractivity contribution in [2.24, 2.45) is 0 Å². The first-order valence-electron chi connectivity index (χ1n) is 11.4. The van der Waals surface area contributed by atoms with Crippen LogP contribution in [0.4, 0.5) is 5.69 Å². The Bertz CT molecular complexity index is 950. The molecule has 0 unspecified atom stereocenters. The molecule has 0 bridgehead atoms. The van der Waals surface area contributed by atoms with E-state index in [2.05, 4.69) is 22.6 Å². The van der Waals surface area contributed by atoms with E-state index >= 15 is 0 Å². The van der Waals surface area contributed by atoms with Gasteiger partial charge in [-0.25, -0.2) is 4.98 Å². The van der Waals surface area contributed by atoms with Crippen LogP contribution >= 0.6 is 12.2 Å². The molecular formula is C23H33N5OS. The minimum atomic E-state index is 0.0635. The Kier molecular flexibility index (Phi) is 7.00. The van der Waals surface area contributed by atoms with Crippen molar-refractivity contribution >= 4 is 33.9 Å². The fourth-order valence-corrected chi connectivity index (χ4v) is 4.94. The summed E-state index contributed by atoms with van der Waals surface area (Å²) >= 11 is 5.48. The molecule has 2 aliphatic rings. The number of thiocarbonyl (C=S) groups is 1. The van der Waals surface area contributed by atoms with Crippen molar-refractivity contribution in [2.75, 3.05) is 25.5 Å². The lowest BCUT2D eigenvalue weighted by atomic mass is 9.94. The van der Waals surface area contributed by atoms with Gasteiger partial charge < -0.3 is 15.5 Å². The Balaban J connectivity index is 1.37. The van der Waals surface area contributed by atoms with Gasteiger partial charge in [-0.15, -0.1) is 0 Å². The number of fused-ring (bicyclic) bond motifs is 2. The molecule has 0 saturated heterocycles.